The zero-order valence-electron chi connectivity index (χ0n) is 13.3. The van der Waals surface area contributed by atoms with Gasteiger partial charge in [0.1, 0.15) is 0 Å². The van der Waals surface area contributed by atoms with Gasteiger partial charge in [-0.25, -0.2) is 0 Å². The topological polar surface area (TPSA) is 64.7 Å². The maximum atomic E-state index is 12.8. The van der Waals surface area contributed by atoms with Crippen LogP contribution < -0.4 is 5.32 Å². The molecule has 6 nitrogen and oxygen atoms in total. The summed E-state index contributed by atoms with van der Waals surface area (Å²) in [6.45, 7) is 2.62. The van der Waals surface area contributed by atoms with Crippen LogP contribution in [-0.4, -0.2) is 32.0 Å². The van der Waals surface area contributed by atoms with Crippen molar-refractivity contribution in [2.24, 2.45) is 0 Å². The number of hydrogen-bond acceptors (Lipinski definition) is 3. The Morgan fingerprint density at radius 2 is 2.12 bits per heavy atom. The van der Waals surface area contributed by atoms with E-state index in [0.717, 1.165) is 0 Å². The quantitative estimate of drug-likeness (QED) is 0.668. The number of rotatable bonds is 7. The van der Waals surface area contributed by atoms with Gasteiger partial charge < -0.3 is 5.32 Å². The lowest BCUT2D eigenvalue weighted by atomic mass is 10.3. The minimum atomic E-state index is -4.54. The van der Waals surface area contributed by atoms with Gasteiger partial charge in [0.2, 0.25) is 5.91 Å². The van der Waals surface area contributed by atoms with Crippen LogP contribution in [0.3, 0.4) is 0 Å². The van der Waals surface area contributed by atoms with Gasteiger partial charge in [-0.05, 0) is 29.3 Å². The second kappa shape index (κ2) is 8.22. The monoisotopic (exact) mass is 441 g/mol. The van der Waals surface area contributed by atoms with E-state index in [1.807, 2.05) is 0 Å². The maximum absolute atomic E-state index is 12.8. The Morgan fingerprint density at radius 3 is 2.68 bits per heavy atom. The van der Waals surface area contributed by atoms with Crippen LogP contribution in [-0.2, 0) is 24.1 Å². The van der Waals surface area contributed by atoms with E-state index in [0.29, 0.717) is 30.2 Å². The highest BCUT2D eigenvalue weighted by Gasteiger charge is 2.37. The minimum absolute atomic E-state index is 0.0415. The fraction of sp³-hybridized carbons (Fsp3) is 0.500. The highest BCUT2D eigenvalue weighted by molar-refractivity contribution is 9.10. The number of nitrogens with one attached hydrogen (secondary N) is 1. The van der Waals surface area contributed by atoms with Crippen LogP contribution in [0.2, 0.25) is 5.02 Å². The Hall–Kier alpha value is -1.55. The number of aryl methyl sites for hydroxylation is 2. The first kappa shape index (κ1) is 19.8. The highest BCUT2D eigenvalue weighted by atomic mass is 79.9. The molecule has 0 unspecified atom stereocenters. The largest absolute Gasteiger partial charge is 0.436 e. The first-order valence-corrected chi connectivity index (χ1v) is 8.60. The lowest BCUT2D eigenvalue weighted by Crippen LogP contribution is -2.26. The molecule has 138 valence electrons. The molecule has 11 heteroatoms. The third-order valence-electron chi connectivity index (χ3n) is 3.44. The third-order valence-corrected chi connectivity index (χ3v) is 4.59. The molecule has 0 atom stereocenters. The van der Waals surface area contributed by atoms with E-state index < -0.39 is 11.9 Å². The molecule has 1 amide bonds. The summed E-state index contributed by atoms with van der Waals surface area (Å²) < 4.78 is 41.1. The maximum Gasteiger partial charge on any atom is 0.436 e. The highest BCUT2D eigenvalue weighted by Crippen LogP contribution is 2.35. The van der Waals surface area contributed by atoms with Crippen molar-refractivity contribution in [1.29, 1.82) is 0 Å². The molecule has 0 fully saturated rings. The van der Waals surface area contributed by atoms with Crippen molar-refractivity contribution in [2.45, 2.75) is 39.0 Å². The standard InChI is InChI=1S/C14H16BrClF3N5O/c1-9-12(15)13(14(17,18)19)22-24(9)6-3-11(25)20-4-2-5-23-8-10(16)7-21-23/h7-8H,2-6H2,1H3,(H,20,25). The van der Waals surface area contributed by atoms with Gasteiger partial charge in [-0.3, -0.25) is 14.2 Å². The molecular formula is C14H16BrClF3N5O. The molecule has 0 saturated carbocycles. The fourth-order valence-electron chi connectivity index (χ4n) is 2.15. The summed E-state index contributed by atoms with van der Waals surface area (Å²) in [5.41, 5.74) is -0.654. The molecule has 1 N–H and O–H groups in total. The van der Waals surface area contributed by atoms with Gasteiger partial charge in [-0.2, -0.15) is 23.4 Å². The lowest BCUT2D eigenvalue weighted by Gasteiger charge is -2.07. The smallest absolute Gasteiger partial charge is 0.356 e. The second-order valence-electron chi connectivity index (χ2n) is 5.34. The molecule has 0 aliphatic carbocycles. The molecule has 0 radical (unpaired) electrons. The first-order valence-electron chi connectivity index (χ1n) is 7.43. The van der Waals surface area contributed by atoms with Gasteiger partial charge in [0.15, 0.2) is 5.69 Å². The molecule has 0 aliphatic heterocycles. The van der Waals surface area contributed by atoms with E-state index in [1.165, 1.54) is 17.8 Å². The van der Waals surface area contributed by atoms with E-state index >= 15 is 0 Å². The molecule has 0 aromatic carbocycles. The summed E-state index contributed by atoms with van der Waals surface area (Å²) in [4.78, 5) is 11.8. The van der Waals surface area contributed by atoms with Crippen molar-refractivity contribution >= 4 is 33.4 Å². The van der Waals surface area contributed by atoms with Crippen molar-refractivity contribution in [3.63, 3.8) is 0 Å². The van der Waals surface area contributed by atoms with Crippen LogP contribution in [0.5, 0.6) is 0 Å². The molecule has 2 rings (SSSR count). The molecule has 0 spiro atoms. The van der Waals surface area contributed by atoms with Crippen molar-refractivity contribution in [1.82, 2.24) is 24.9 Å². The van der Waals surface area contributed by atoms with E-state index in [4.69, 9.17) is 11.6 Å². The summed E-state index contributed by atoms with van der Waals surface area (Å²) in [5.74, 6) is -0.252. The van der Waals surface area contributed by atoms with Crippen molar-refractivity contribution in [2.75, 3.05) is 6.54 Å². The van der Waals surface area contributed by atoms with Crippen molar-refractivity contribution in [3.8, 4) is 0 Å². The Kier molecular flexibility index (Phi) is 6.50. The van der Waals surface area contributed by atoms with Gasteiger partial charge in [-0.1, -0.05) is 11.6 Å². The SMILES string of the molecule is Cc1c(Br)c(C(F)(F)F)nn1CCC(=O)NCCCn1cc(Cl)cn1. The van der Waals surface area contributed by atoms with E-state index in [9.17, 15) is 18.0 Å². The van der Waals surface area contributed by atoms with Crippen LogP contribution in [0.25, 0.3) is 0 Å². The molecule has 0 saturated heterocycles. The number of nitrogens with zero attached hydrogens (tertiary/aromatic N) is 4. The number of carbonyl (C=O) groups excluding carboxylic acids is 1. The number of carbonyl (C=O) groups is 1. The van der Waals surface area contributed by atoms with Crippen LogP contribution >= 0.6 is 27.5 Å². The van der Waals surface area contributed by atoms with Crippen LogP contribution in [0.1, 0.15) is 24.2 Å². The normalized spacial score (nSPS) is 11.8. The summed E-state index contributed by atoms with van der Waals surface area (Å²) in [7, 11) is 0. The van der Waals surface area contributed by atoms with Crippen LogP contribution in [0.4, 0.5) is 13.2 Å². The summed E-state index contributed by atoms with van der Waals surface area (Å²) in [6.07, 6.45) is -0.624. The Morgan fingerprint density at radius 1 is 1.40 bits per heavy atom. The Balaban J connectivity index is 1.76. The summed E-state index contributed by atoms with van der Waals surface area (Å²) in [6, 6.07) is 0. The van der Waals surface area contributed by atoms with E-state index in [1.54, 1.807) is 10.9 Å². The number of halogens is 5. The molecule has 2 heterocycles. The van der Waals surface area contributed by atoms with Crippen molar-refractivity contribution < 1.29 is 18.0 Å². The van der Waals surface area contributed by atoms with E-state index in [-0.39, 0.29) is 23.3 Å². The van der Waals surface area contributed by atoms with Gasteiger partial charge in [0.25, 0.3) is 0 Å². The zero-order chi connectivity index (χ0) is 18.6. The Bertz CT molecular complexity index is 743. The number of hydrogen-bond donors (Lipinski definition) is 1. The van der Waals surface area contributed by atoms with Crippen LogP contribution in [0, 0.1) is 6.92 Å². The van der Waals surface area contributed by atoms with Crippen LogP contribution in [0.15, 0.2) is 16.9 Å². The predicted octanol–water partition coefficient (Wildman–Crippen LogP) is 3.42. The molecule has 0 aliphatic rings. The third kappa shape index (κ3) is 5.46. The Labute approximate surface area is 155 Å². The number of alkyl halides is 3. The molecule has 2 aromatic heterocycles. The van der Waals surface area contributed by atoms with E-state index in [2.05, 4.69) is 31.4 Å². The van der Waals surface area contributed by atoms with Gasteiger partial charge in [0.05, 0.1) is 27.9 Å². The average molecular weight is 443 g/mol. The first-order chi connectivity index (χ1) is 11.7. The molecule has 2 aromatic rings. The molecule has 25 heavy (non-hydrogen) atoms. The average Bonchev–Trinajstić information content (AvgIpc) is 3.06. The fourth-order valence-corrected chi connectivity index (χ4v) is 2.81. The molecule has 0 bridgehead atoms. The van der Waals surface area contributed by atoms with Gasteiger partial charge in [0, 0.05) is 25.7 Å². The number of amides is 1. The molecular weight excluding hydrogens is 427 g/mol. The zero-order valence-corrected chi connectivity index (χ0v) is 15.6. The lowest BCUT2D eigenvalue weighted by molar-refractivity contribution is -0.142. The minimum Gasteiger partial charge on any atom is -0.356 e. The summed E-state index contributed by atoms with van der Waals surface area (Å²) >= 11 is 8.64. The van der Waals surface area contributed by atoms with Gasteiger partial charge >= 0.3 is 6.18 Å². The number of aromatic nitrogens is 4. The van der Waals surface area contributed by atoms with Gasteiger partial charge in [-0.15, -0.1) is 0 Å². The summed E-state index contributed by atoms with van der Waals surface area (Å²) in [5, 5.41) is 10.8. The second-order valence-corrected chi connectivity index (χ2v) is 6.57. The predicted molar refractivity (Wildman–Crippen MR) is 89.1 cm³/mol. The van der Waals surface area contributed by atoms with Crippen molar-refractivity contribution in [3.05, 3.63) is 33.3 Å².